The molecule has 2 nitrogen and oxygen atoms in total. The zero-order valence-corrected chi connectivity index (χ0v) is 6.45. The molecule has 0 aromatic rings. The fraction of sp³-hybridized carbons (Fsp3) is 1.00. The number of hydrogen-bond donors (Lipinski definition) is 1. The van der Waals surface area contributed by atoms with Gasteiger partial charge in [0.05, 0.1) is 0 Å². The van der Waals surface area contributed by atoms with Crippen molar-refractivity contribution in [1.82, 2.24) is 4.90 Å². The van der Waals surface area contributed by atoms with Gasteiger partial charge >= 0.3 is 0 Å². The smallest absolute Gasteiger partial charge is 0.0474 e. The molecule has 2 aliphatic heterocycles. The second-order valence-electron chi connectivity index (χ2n) is 3.64. The van der Waals surface area contributed by atoms with Crippen LogP contribution in [-0.2, 0) is 0 Å². The standard InChI is InChI=1S/C8H15NO/c1-9-7-2-3-8(9)6(4-7)5-10/h6-8,10H,2-5H2,1H3/t6-,7+,8-/m1/s1. The third-order valence-corrected chi connectivity index (χ3v) is 3.25. The van der Waals surface area contributed by atoms with E-state index in [0.717, 1.165) is 6.04 Å². The third kappa shape index (κ3) is 0.722. The highest BCUT2D eigenvalue weighted by molar-refractivity contribution is 4.98. The van der Waals surface area contributed by atoms with Gasteiger partial charge < -0.3 is 10.0 Å². The molecular weight excluding hydrogens is 126 g/mol. The van der Waals surface area contributed by atoms with E-state index in [1.54, 1.807) is 0 Å². The summed E-state index contributed by atoms with van der Waals surface area (Å²) in [6, 6.07) is 1.50. The zero-order chi connectivity index (χ0) is 7.14. The molecule has 1 N–H and O–H groups in total. The quantitative estimate of drug-likeness (QED) is 0.573. The monoisotopic (exact) mass is 141 g/mol. The number of aliphatic hydroxyl groups is 1. The van der Waals surface area contributed by atoms with Crippen LogP contribution < -0.4 is 0 Å². The lowest BCUT2D eigenvalue weighted by Gasteiger charge is -2.18. The lowest BCUT2D eigenvalue weighted by atomic mass is 9.90. The Bertz CT molecular complexity index is 137. The number of hydrogen-bond acceptors (Lipinski definition) is 2. The van der Waals surface area contributed by atoms with Gasteiger partial charge in [0, 0.05) is 18.7 Å². The number of aliphatic hydroxyl groups excluding tert-OH is 1. The fourth-order valence-corrected chi connectivity index (χ4v) is 2.60. The van der Waals surface area contributed by atoms with E-state index in [2.05, 4.69) is 11.9 Å². The molecule has 0 aromatic heterocycles. The molecule has 0 aromatic carbocycles. The Balaban J connectivity index is 2.08. The van der Waals surface area contributed by atoms with Gasteiger partial charge in [0.15, 0.2) is 0 Å². The maximum Gasteiger partial charge on any atom is 0.0474 e. The first-order valence-electron chi connectivity index (χ1n) is 4.15. The van der Waals surface area contributed by atoms with Crippen LogP contribution in [0, 0.1) is 5.92 Å². The van der Waals surface area contributed by atoms with E-state index in [1.807, 2.05) is 0 Å². The van der Waals surface area contributed by atoms with Crippen LogP contribution in [0.3, 0.4) is 0 Å². The lowest BCUT2D eigenvalue weighted by Crippen LogP contribution is -2.27. The van der Waals surface area contributed by atoms with Gasteiger partial charge in [0.1, 0.15) is 0 Å². The summed E-state index contributed by atoms with van der Waals surface area (Å²) in [5, 5.41) is 8.98. The van der Waals surface area contributed by atoms with Crippen LogP contribution in [0.15, 0.2) is 0 Å². The fourth-order valence-electron chi connectivity index (χ4n) is 2.60. The van der Waals surface area contributed by atoms with Gasteiger partial charge in [0.25, 0.3) is 0 Å². The van der Waals surface area contributed by atoms with Crippen molar-refractivity contribution in [2.24, 2.45) is 5.92 Å². The minimum absolute atomic E-state index is 0.394. The number of nitrogens with zero attached hydrogens (tertiary/aromatic N) is 1. The Morgan fingerprint density at radius 3 is 2.60 bits per heavy atom. The first kappa shape index (κ1) is 6.62. The van der Waals surface area contributed by atoms with Crippen molar-refractivity contribution in [3.05, 3.63) is 0 Å². The molecule has 0 radical (unpaired) electrons. The highest BCUT2D eigenvalue weighted by Gasteiger charge is 2.43. The van der Waals surface area contributed by atoms with Crippen LogP contribution in [0.5, 0.6) is 0 Å². The summed E-state index contributed by atoms with van der Waals surface area (Å²) in [5.41, 5.74) is 0. The highest BCUT2D eigenvalue weighted by atomic mass is 16.3. The summed E-state index contributed by atoms with van der Waals surface area (Å²) >= 11 is 0. The van der Waals surface area contributed by atoms with Crippen molar-refractivity contribution in [1.29, 1.82) is 0 Å². The maximum atomic E-state index is 8.98. The molecule has 2 heteroatoms. The van der Waals surface area contributed by atoms with Crippen molar-refractivity contribution < 1.29 is 5.11 Å². The summed E-state index contributed by atoms with van der Waals surface area (Å²) in [4.78, 5) is 2.45. The van der Waals surface area contributed by atoms with Gasteiger partial charge in [-0.15, -0.1) is 0 Å². The van der Waals surface area contributed by atoms with Crippen molar-refractivity contribution in [3.63, 3.8) is 0 Å². The van der Waals surface area contributed by atoms with Crippen molar-refractivity contribution in [2.45, 2.75) is 31.3 Å². The van der Waals surface area contributed by atoms with E-state index in [-0.39, 0.29) is 0 Å². The lowest BCUT2D eigenvalue weighted by molar-refractivity contribution is 0.186. The summed E-state index contributed by atoms with van der Waals surface area (Å²) < 4.78 is 0. The van der Waals surface area contributed by atoms with Crippen LogP contribution in [0.1, 0.15) is 19.3 Å². The van der Waals surface area contributed by atoms with Gasteiger partial charge in [-0.2, -0.15) is 0 Å². The highest BCUT2D eigenvalue weighted by Crippen LogP contribution is 2.39. The first-order chi connectivity index (χ1) is 4.83. The van der Waals surface area contributed by atoms with E-state index < -0.39 is 0 Å². The van der Waals surface area contributed by atoms with Gasteiger partial charge in [-0.1, -0.05) is 0 Å². The summed E-state index contributed by atoms with van der Waals surface area (Å²) in [5.74, 6) is 0.587. The SMILES string of the molecule is CN1[C@H]2CC[C@@H]1[C@@H](CO)C2. The van der Waals surface area contributed by atoms with E-state index in [1.165, 1.54) is 19.3 Å². The molecule has 2 heterocycles. The Labute approximate surface area is 61.8 Å². The minimum atomic E-state index is 0.394. The van der Waals surface area contributed by atoms with Crippen molar-refractivity contribution >= 4 is 0 Å². The normalized spacial score (nSPS) is 46.8. The molecule has 0 amide bonds. The number of rotatable bonds is 1. The van der Waals surface area contributed by atoms with Crippen LogP contribution in [0.25, 0.3) is 0 Å². The van der Waals surface area contributed by atoms with Crippen molar-refractivity contribution in [3.8, 4) is 0 Å². The molecule has 2 saturated heterocycles. The second-order valence-corrected chi connectivity index (χ2v) is 3.64. The first-order valence-corrected chi connectivity index (χ1v) is 4.15. The molecule has 0 spiro atoms. The van der Waals surface area contributed by atoms with Gasteiger partial charge in [-0.05, 0) is 32.2 Å². The molecule has 2 bridgehead atoms. The van der Waals surface area contributed by atoms with E-state index in [4.69, 9.17) is 5.11 Å². The van der Waals surface area contributed by atoms with Gasteiger partial charge in [-0.3, -0.25) is 0 Å². The van der Waals surface area contributed by atoms with Gasteiger partial charge in [0.2, 0.25) is 0 Å². The van der Waals surface area contributed by atoms with Gasteiger partial charge in [-0.25, -0.2) is 0 Å². The Hall–Kier alpha value is -0.0800. The molecule has 2 rings (SSSR count). The molecule has 3 atom stereocenters. The Kier molecular flexibility index (Phi) is 1.46. The average Bonchev–Trinajstić information content (AvgIpc) is 2.46. The van der Waals surface area contributed by atoms with Crippen LogP contribution in [0.4, 0.5) is 0 Å². The maximum absolute atomic E-state index is 8.98. The zero-order valence-electron chi connectivity index (χ0n) is 6.45. The van der Waals surface area contributed by atoms with E-state index in [9.17, 15) is 0 Å². The minimum Gasteiger partial charge on any atom is -0.396 e. The molecule has 58 valence electrons. The van der Waals surface area contributed by atoms with Crippen LogP contribution >= 0.6 is 0 Å². The van der Waals surface area contributed by atoms with E-state index in [0.29, 0.717) is 18.6 Å². The number of fused-ring (bicyclic) bond motifs is 2. The molecular formula is C8H15NO. The van der Waals surface area contributed by atoms with Crippen molar-refractivity contribution in [2.75, 3.05) is 13.7 Å². The predicted octanol–water partition coefficient (Wildman–Crippen LogP) is 0.461. The largest absolute Gasteiger partial charge is 0.396 e. The molecule has 2 fully saturated rings. The Morgan fingerprint density at radius 2 is 2.30 bits per heavy atom. The predicted molar refractivity (Wildman–Crippen MR) is 39.8 cm³/mol. The van der Waals surface area contributed by atoms with Crippen LogP contribution in [-0.4, -0.2) is 35.7 Å². The summed E-state index contributed by atoms with van der Waals surface area (Å²) in [6.45, 7) is 0.394. The molecule has 0 aliphatic carbocycles. The summed E-state index contributed by atoms with van der Waals surface area (Å²) in [7, 11) is 2.19. The topological polar surface area (TPSA) is 23.5 Å². The Morgan fingerprint density at radius 1 is 1.50 bits per heavy atom. The van der Waals surface area contributed by atoms with Crippen LogP contribution in [0.2, 0.25) is 0 Å². The second kappa shape index (κ2) is 2.21. The molecule has 0 saturated carbocycles. The molecule has 2 aliphatic rings. The average molecular weight is 141 g/mol. The van der Waals surface area contributed by atoms with E-state index >= 15 is 0 Å². The third-order valence-electron chi connectivity index (χ3n) is 3.25. The molecule has 10 heavy (non-hydrogen) atoms. The summed E-state index contributed by atoms with van der Waals surface area (Å²) in [6.07, 6.45) is 3.90. The molecule has 0 unspecified atom stereocenters.